The SMILES string of the molecule is CCC(=O)c1cccc(CONC(=O)[C@@H]2c3cc(OC)ccc3C(=O)N([C@H]3CCCC[C@@H]3NS(C)(=O)=O)[C@H]2c2ccc(Cl)cc2)c1. The van der Waals surface area contributed by atoms with Crippen LogP contribution >= 0.6 is 11.6 Å². The molecule has 5 rings (SSSR count). The fourth-order valence-electron chi connectivity index (χ4n) is 6.52. The summed E-state index contributed by atoms with van der Waals surface area (Å²) in [6.45, 7) is 1.80. The molecule has 244 valence electrons. The second-order valence-corrected chi connectivity index (χ2v) is 13.9. The van der Waals surface area contributed by atoms with Crippen molar-refractivity contribution in [3.8, 4) is 5.75 Å². The number of carbonyl (C=O) groups excluding carboxylic acids is 3. The highest BCUT2D eigenvalue weighted by Gasteiger charge is 2.49. The number of methoxy groups -OCH3 is 1. The van der Waals surface area contributed by atoms with Crippen LogP contribution in [-0.2, 0) is 26.3 Å². The molecule has 0 saturated heterocycles. The third-order valence-corrected chi connectivity index (χ3v) is 9.58. The van der Waals surface area contributed by atoms with Crippen LogP contribution < -0.4 is 14.9 Å². The van der Waals surface area contributed by atoms with Crippen LogP contribution in [-0.4, -0.2) is 56.4 Å². The first-order valence-electron chi connectivity index (χ1n) is 15.3. The van der Waals surface area contributed by atoms with Crippen molar-refractivity contribution < 1.29 is 32.4 Å². The molecule has 0 bridgehead atoms. The highest BCUT2D eigenvalue weighted by molar-refractivity contribution is 7.88. The molecular formula is C34H38ClN3O7S. The van der Waals surface area contributed by atoms with E-state index in [1.807, 2.05) is 0 Å². The molecule has 1 saturated carbocycles. The molecule has 1 aliphatic heterocycles. The average Bonchev–Trinajstić information content (AvgIpc) is 3.04. The van der Waals surface area contributed by atoms with Crippen molar-refractivity contribution in [1.29, 1.82) is 0 Å². The molecule has 1 heterocycles. The Morgan fingerprint density at radius 3 is 2.46 bits per heavy atom. The van der Waals surface area contributed by atoms with Crippen LogP contribution in [0.25, 0.3) is 0 Å². The smallest absolute Gasteiger partial charge is 0.255 e. The van der Waals surface area contributed by atoms with Gasteiger partial charge in [0.1, 0.15) is 5.75 Å². The summed E-state index contributed by atoms with van der Waals surface area (Å²) in [4.78, 5) is 48.3. The maximum Gasteiger partial charge on any atom is 0.255 e. The average molecular weight is 668 g/mol. The lowest BCUT2D eigenvalue weighted by atomic mass is 9.76. The fourth-order valence-corrected chi connectivity index (χ4v) is 7.47. The quantitative estimate of drug-likeness (QED) is 0.209. The minimum Gasteiger partial charge on any atom is -0.497 e. The molecular weight excluding hydrogens is 630 g/mol. The van der Waals surface area contributed by atoms with Crippen LogP contribution in [0.1, 0.15) is 88.4 Å². The summed E-state index contributed by atoms with van der Waals surface area (Å²) < 4.78 is 33.1. The van der Waals surface area contributed by atoms with Gasteiger partial charge in [0.25, 0.3) is 11.8 Å². The first-order valence-corrected chi connectivity index (χ1v) is 17.5. The van der Waals surface area contributed by atoms with E-state index < -0.39 is 40.0 Å². The van der Waals surface area contributed by atoms with Crippen LogP contribution in [0.4, 0.5) is 0 Å². The topological polar surface area (TPSA) is 131 Å². The van der Waals surface area contributed by atoms with Gasteiger partial charge < -0.3 is 9.64 Å². The lowest BCUT2D eigenvalue weighted by Crippen LogP contribution is -2.59. The predicted molar refractivity (Wildman–Crippen MR) is 174 cm³/mol. The number of sulfonamides is 1. The van der Waals surface area contributed by atoms with E-state index in [0.29, 0.717) is 57.9 Å². The number of halogens is 1. The Balaban J connectivity index is 1.56. The second kappa shape index (κ2) is 14.3. The molecule has 3 aromatic carbocycles. The van der Waals surface area contributed by atoms with Crippen molar-refractivity contribution in [2.24, 2.45) is 0 Å². The van der Waals surface area contributed by atoms with Crippen LogP contribution in [0, 0.1) is 0 Å². The van der Waals surface area contributed by atoms with E-state index in [1.165, 1.54) is 7.11 Å². The third-order valence-electron chi connectivity index (χ3n) is 8.60. The first-order chi connectivity index (χ1) is 22.0. The van der Waals surface area contributed by atoms with Crippen LogP contribution in [0.2, 0.25) is 5.02 Å². The Morgan fingerprint density at radius 2 is 1.76 bits per heavy atom. The number of benzene rings is 3. The number of amides is 2. The van der Waals surface area contributed by atoms with E-state index in [1.54, 1.807) is 78.6 Å². The van der Waals surface area contributed by atoms with Crippen molar-refractivity contribution >= 4 is 39.2 Å². The van der Waals surface area contributed by atoms with E-state index in [0.717, 1.165) is 19.1 Å². The Labute approximate surface area is 274 Å². The van der Waals surface area contributed by atoms with Gasteiger partial charge in [-0.25, -0.2) is 18.6 Å². The van der Waals surface area contributed by atoms with Gasteiger partial charge in [0.2, 0.25) is 10.0 Å². The number of hydrogen-bond donors (Lipinski definition) is 2. The molecule has 0 aromatic heterocycles. The Hall–Kier alpha value is -3.77. The lowest BCUT2D eigenvalue weighted by molar-refractivity contribution is -0.138. The van der Waals surface area contributed by atoms with Crippen molar-refractivity contribution in [2.45, 2.75) is 69.7 Å². The maximum atomic E-state index is 14.4. The Kier molecular flexibility index (Phi) is 10.5. The second-order valence-electron chi connectivity index (χ2n) is 11.7. The number of ketones is 1. The molecule has 4 atom stereocenters. The highest BCUT2D eigenvalue weighted by Crippen LogP contribution is 2.47. The largest absolute Gasteiger partial charge is 0.497 e. The van der Waals surface area contributed by atoms with Crippen molar-refractivity contribution in [3.05, 3.63) is 99.6 Å². The van der Waals surface area contributed by atoms with Gasteiger partial charge in [0.15, 0.2) is 5.78 Å². The summed E-state index contributed by atoms with van der Waals surface area (Å²) in [5.74, 6) is -1.30. The number of hydrogen-bond acceptors (Lipinski definition) is 7. The molecule has 2 N–H and O–H groups in total. The summed E-state index contributed by atoms with van der Waals surface area (Å²) >= 11 is 6.25. The zero-order chi connectivity index (χ0) is 33.0. The number of nitrogens with zero attached hydrogens (tertiary/aromatic N) is 1. The molecule has 46 heavy (non-hydrogen) atoms. The van der Waals surface area contributed by atoms with E-state index in [4.69, 9.17) is 21.2 Å². The molecule has 0 unspecified atom stereocenters. The van der Waals surface area contributed by atoms with Gasteiger partial charge in [-0.3, -0.25) is 19.2 Å². The summed E-state index contributed by atoms with van der Waals surface area (Å²) in [5.41, 5.74) is 5.30. The van der Waals surface area contributed by atoms with Gasteiger partial charge in [0, 0.05) is 34.7 Å². The minimum absolute atomic E-state index is 0.000546. The standard InChI is InChI=1S/C34H38ClN3O7S/c1-4-30(39)23-9-7-8-21(18-23)20-45-36-33(40)31-27-19-25(44-2)16-17-26(27)34(41)38(32(31)22-12-14-24(35)15-13-22)29-11-6-5-10-28(29)37-46(3,42)43/h7-9,12-19,28-29,31-32,37H,4-6,10-11,20H2,1-3H3,(H,36,40)/t28-,29-,31+,32-/m0/s1. The maximum absolute atomic E-state index is 14.4. The zero-order valence-electron chi connectivity index (χ0n) is 26.0. The van der Waals surface area contributed by atoms with Gasteiger partial charge in [-0.05, 0) is 65.9 Å². The van der Waals surface area contributed by atoms with Crippen molar-refractivity contribution in [3.63, 3.8) is 0 Å². The third kappa shape index (κ3) is 7.44. The molecule has 2 amide bonds. The van der Waals surface area contributed by atoms with Gasteiger partial charge in [-0.2, -0.15) is 0 Å². The van der Waals surface area contributed by atoms with E-state index in [2.05, 4.69) is 10.2 Å². The predicted octanol–water partition coefficient (Wildman–Crippen LogP) is 5.33. The van der Waals surface area contributed by atoms with E-state index >= 15 is 0 Å². The monoisotopic (exact) mass is 667 g/mol. The molecule has 1 aliphatic carbocycles. The van der Waals surface area contributed by atoms with Gasteiger partial charge in [-0.15, -0.1) is 0 Å². The Morgan fingerprint density at radius 1 is 1.02 bits per heavy atom. The number of nitrogens with one attached hydrogen (secondary N) is 2. The molecule has 3 aromatic rings. The van der Waals surface area contributed by atoms with Crippen LogP contribution in [0.15, 0.2) is 66.7 Å². The van der Waals surface area contributed by atoms with Gasteiger partial charge >= 0.3 is 0 Å². The highest BCUT2D eigenvalue weighted by atomic mass is 35.5. The molecule has 1 fully saturated rings. The number of fused-ring (bicyclic) bond motifs is 1. The molecule has 0 spiro atoms. The van der Waals surface area contributed by atoms with Gasteiger partial charge in [0.05, 0.1) is 31.9 Å². The number of Topliss-reactive ketones (excluding diaryl/α,β-unsaturated/α-hetero) is 1. The molecule has 10 nitrogen and oxygen atoms in total. The first kappa shape index (κ1) is 33.6. The normalized spacial score (nSPS) is 21.4. The lowest BCUT2D eigenvalue weighted by Gasteiger charge is -2.49. The van der Waals surface area contributed by atoms with Crippen molar-refractivity contribution in [2.75, 3.05) is 13.4 Å². The molecule has 2 aliphatic rings. The summed E-state index contributed by atoms with van der Waals surface area (Å²) in [6, 6.07) is 17.1. The minimum atomic E-state index is -3.59. The Bertz CT molecular complexity index is 1710. The number of hydroxylamine groups is 1. The summed E-state index contributed by atoms with van der Waals surface area (Å²) in [7, 11) is -2.08. The molecule has 12 heteroatoms. The van der Waals surface area contributed by atoms with Crippen molar-refractivity contribution in [1.82, 2.24) is 15.1 Å². The fraction of sp³-hybridized carbons (Fsp3) is 0.382. The zero-order valence-corrected chi connectivity index (χ0v) is 27.6. The van der Waals surface area contributed by atoms with E-state index in [9.17, 15) is 22.8 Å². The summed E-state index contributed by atoms with van der Waals surface area (Å²) in [5, 5.41) is 0.488. The van der Waals surface area contributed by atoms with Crippen LogP contribution in [0.3, 0.4) is 0 Å². The summed E-state index contributed by atoms with van der Waals surface area (Å²) in [6.07, 6.45) is 4.16. The van der Waals surface area contributed by atoms with Gasteiger partial charge in [-0.1, -0.05) is 61.7 Å². The van der Waals surface area contributed by atoms with E-state index in [-0.39, 0.29) is 18.3 Å². The van der Waals surface area contributed by atoms with Crippen LogP contribution in [0.5, 0.6) is 5.75 Å². The number of rotatable bonds is 11. The molecule has 0 radical (unpaired) electrons. The number of ether oxygens (including phenoxy) is 1. The number of carbonyl (C=O) groups is 3.